The Hall–Kier alpha value is -2.88. The van der Waals surface area contributed by atoms with Gasteiger partial charge < -0.3 is 14.5 Å². The maximum atomic E-state index is 13.1. The molecule has 36 heavy (non-hydrogen) atoms. The van der Waals surface area contributed by atoms with Crippen LogP contribution in [0.25, 0.3) is 0 Å². The molecule has 1 saturated heterocycles. The van der Waals surface area contributed by atoms with E-state index in [9.17, 15) is 35.9 Å². The van der Waals surface area contributed by atoms with E-state index >= 15 is 0 Å². The molecule has 2 aromatic rings. The molecule has 1 fully saturated rings. The zero-order valence-corrected chi connectivity index (χ0v) is 19.7. The minimum atomic E-state index is -4.82. The number of carbonyl (C=O) groups is 1. The summed E-state index contributed by atoms with van der Waals surface area (Å²) in [4.78, 5) is 34.4. The smallest absolute Gasteiger partial charge is 0.380 e. The molecule has 1 aliphatic rings. The predicted octanol–water partition coefficient (Wildman–Crippen LogP) is 2.83. The molecule has 2 aromatic heterocycles. The second kappa shape index (κ2) is 11.5. The van der Waals surface area contributed by atoms with E-state index in [1.165, 1.54) is 0 Å². The lowest BCUT2D eigenvalue weighted by atomic mass is 10.3. The van der Waals surface area contributed by atoms with E-state index in [0.29, 0.717) is 38.6 Å². The SMILES string of the molecule is CC(COCCC(=O)N1CCN(c2ncc(C(F)(F)F)cn2)CC1)Sc1cn[nH]c(=O)c1C(F)(F)F. The van der Waals surface area contributed by atoms with Gasteiger partial charge in [0, 0.05) is 48.7 Å². The van der Waals surface area contributed by atoms with Crippen molar-refractivity contribution >= 4 is 23.6 Å². The molecule has 9 nitrogen and oxygen atoms in total. The van der Waals surface area contributed by atoms with Crippen molar-refractivity contribution in [1.29, 1.82) is 0 Å². The highest BCUT2D eigenvalue weighted by atomic mass is 32.2. The monoisotopic (exact) mass is 540 g/mol. The van der Waals surface area contributed by atoms with Crippen molar-refractivity contribution in [3.8, 4) is 0 Å². The van der Waals surface area contributed by atoms with Crippen molar-refractivity contribution in [2.24, 2.45) is 0 Å². The van der Waals surface area contributed by atoms with Gasteiger partial charge in [0.05, 0.1) is 31.4 Å². The Morgan fingerprint density at radius 1 is 1.08 bits per heavy atom. The number of ether oxygens (including phenoxy) is 1. The number of anilines is 1. The van der Waals surface area contributed by atoms with Gasteiger partial charge in [-0.15, -0.1) is 11.8 Å². The van der Waals surface area contributed by atoms with E-state index in [4.69, 9.17) is 4.74 Å². The van der Waals surface area contributed by atoms with Crippen LogP contribution in [0, 0.1) is 0 Å². The molecule has 0 aromatic carbocycles. The molecule has 0 radical (unpaired) electrons. The summed E-state index contributed by atoms with van der Waals surface area (Å²) in [5.74, 6) is -0.0457. The molecule has 198 valence electrons. The summed E-state index contributed by atoms with van der Waals surface area (Å²) in [5.41, 5.74) is -3.58. The minimum absolute atomic E-state index is 0.0427. The Kier molecular flexibility index (Phi) is 8.81. The Morgan fingerprint density at radius 3 is 2.31 bits per heavy atom. The Labute approximate surface area is 205 Å². The van der Waals surface area contributed by atoms with Crippen LogP contribution in [0.5, 0.6) is 0 Å². The largest absolute Gasteiger partial charge is 0.422 e. The molecular formula is C20H22F6N6O3S. The number of thioether (sulfide) groups is 1. The Bertz CT molecular complexity index is 1090. The number of nitrogens with one attached hydrogen (secondary N) is 1. The van der Waals surface area contributed by atoms with Crippen molar-refractivity contribution in [3.05, 3.63) is 40.1 Å². The van der Waals surface area contributed by atoms with Crippen molar-refractivity contribution in [3.63, 3.8) is 0 Å². The molecule has 3 heterocycles. The number of carbonyl (C=O) groups excluding carboxylic acids is 1. The molecular weight excluding hydrogens is 518 g/mol. The molecule has 1 N–H and O–H groups in total. The maximum absolute atomic E-state index is 13.1. The van der Waals surface area contributed by atoms with E-state index in [2.05, 4.69) is 15.1 Å². The van der Waals surface area contributed by atoms with Gasteiger partial charge in [-0.2, -0.15) is 31.4 Å². The highest BCUT2D eigenvalue weighted by Gasteiger charge is 2.37. The maximum Gasteiger partial charge on any atom is 0.422 e. The number of aromatic amines is 1. The van der Waals surface area contributed by atoms with Crippen molar-refractivity contribution < 1.29 is 35.9 Å². The molecule has 1 unspecified atom stereocenters. The van der Waals surface area contributed by atoms with Gasteiger partial charge in [-0.05, 0) is 0 Å². The first-order chi connectivity index (χ1) is 16.9. The summed E-state index contributed by atoms with van der Waals surface area (Å²) in [6.07, 6.45) is -6.93. The quantitative estimate of drug-likeness (QED) is 0.310. The average molecular weight is 540 g/mol. The van der Waals surface area contributed by atoms with Gasteiger partial charge in [0.25, 0.3) is 5.56 Å². The molecule has 1 amide bonds. The van der Waals surface area contributed by atoms with E-state index in [0.717, 1.165) is 18.0 Å². The lowest BCUT2D eigenvalue weighted by Crippen LogP contribution is -2.49. The van der Waals surface area contributed by atoms with Crippen LogP contribution in [0.2, 0.25) is 0 Å². The fourth-order valence-electron chi connectivity index (χ4n) is 3.34. The van der Waals surface area contributed by atoms with E-state index in [1.54, 1.807) is 21.8 Å². The van der Waals surface area contributed by atoms with Crippen LogP contribution in [0.15, 0.2) is 28.3 Å². The molecule has 3 rings (SSSR count). The third kappa shape index (κ3) is 7.32. The molecule has 0 bridgehead atoms. The minimum Gasteiger partial charge on any atom is -0.380 e. The number of rotatable bonds is 8. The van der Waals surface area contributed by atoms with Gasteiger partial charge in [0.1, 0.15) is 5.56 Å². The number of aromatic nitrogens is 4. The lowest BCUT2D eigenvalue weighted by Gasteiger charge is -2.34. The molecule has 1 atom stereocenters. The third-order valence-corrected chi connectivity index (χ3v) is 6.23. The first-order valence-electron chi connectivity index (χ1n) is 10.7. The van der Waals surface area contributed by atoms with Crippen LogP contribution >= 0.6 is 11.8 Å². The summed E-state index contributed by atoms with van der Waals surface area (Å²) in [5, 5.41) is 4.74. The number of halogens is 6. The van der Waals surface area contributed by atoms with Gasteiger partial charge in [-0.3, -0.25) is 9.59 Å². The second-order valence-electron chi connectivity index (χ2n) is 7.83. The number of hydrogen-bond acceptors (Lipinski definition) is 8. The fourth-order valence-corrected chi connectivity index (χ4v) is 4.38. The number of piperazine rings is 1. The number of amides is 1. The first-order valence-corrected chi connectivity index (χ1v) is 11.6. The average Bonchev–Trinajstić information content (AvgIpc) is 2.80. The van der Waals surface area contributed by atoms with Gasteiger partial charge >= 0.3 is 12.4 Å². The van der Waals surface area contributed by atoms with Crippen LogP contribution in [0.1, 0.15) is 24.5 Å². The van der Waals surface area contributed by atoms with E-state index < -0.39 is 34.3 Å². The fraction of sp³-hybridized carbons (Fsp3) is 0.550. The van der Waals surface area contributed by atoms with Crippen LogP contribution in [0.4, 0.5) is 32.3 Å². The summed E-state index contributed by atoms with van der Waals surface area (Å²) < 4.78 is 82.7. The third-order valence-electron chi connectivity index (χ3n) is 5.13. The van der Waals surface area contributed by atoms with E-state index in [-0.39, 0.29) is 36.4 Å². The van der Waals surface area contributed by atoms with Crippen LogP contribution < -0.4 is 10.5 Å². The molecule has 16 heteroatoms. The highest BCUT2D eigenvalue weighted by Crippen LogP contribution is 2.35. The number of nitrogens with zero attached hydrogens (tertiary/aromatic N) is 5. The summed E-state index contributed by atoms with van der Waals surface area (Å²) in [6.45, 7) is 3.05. The van der Waals surface area contributed by atoms with E-state index in [1.807, 2.05) is 0 Å². The molecule has 1 aliphatic heterocycles. The van der Waals surface area contributed by atoms with Crippen molar-refractivity contribution in [2.45, 2.75) is 35.8 Å². The molecule has 0 aliphatic carbocycles. The van der Waals surface area contributed by atoms with Crippen LogP contribution in [-0.2, 0) is 21.9 Å². The summed E-state index contributed by atoms with van der Waals surface area (Å²) in [7, 11) is 0. The Morgan fingerprint density at radius 2 is 1.72 bits per heavy atom. The normalized spacial score (nSPS) is 15.8. The number of alkyl halides is 6. The number of hydrogen-bond donors (Lipinski definition) is 1. The van der Waals surface area contributed by atoms with Gasteiger partial charge in [0.15, 0.2) is 0 Å². The first kappa shape index (κ1) is 27.7. The molecule has 0 spiro atoms. The number of H-pyrrole nitrogens is 1. The summed E-state index contributed by atoms with van der Waals surface area (Å²) >= 11 is 0.796. The summed E-state index contributed by atoms with van der Waals surface area (Å²) in [6, 6.07) is 0. The standard InChI is InChI=1S/C20H22F6N6O3S/c1-12(36-14-10-29-30-17(34)16(14)20(24,25)26)11-35-7-2-15(33)31-3-5-32(6-4-31)18-27-8-13(9-28-18)19(21,22)23/h8-10,12H,2-7,11H2,1H3,(H,30,34). The van der Waals surface area contributed by atoms with Crippen molar-refractivity contribution in [2.75, 3.05) is 44.3 Å². The second-order valence-corrected chi connectivity index (χ2v) is 9.31. The van der Waals surface area contributed by atoms with Gasteiger partial charge in [-0.1, -0.05) is 6.92 Å². The lowest BCUT2D eigenvalue weighted by molar-refractivity contribution is -0.141. The van der Waals surface area contributed by atoms with Crippen LogP contribution in [-0.4, -0.2) is 75.6 Å². The van der Waals surface area contributed by atoms with Gasteiger partial charge in [0.2, 0.25) is 11.9 Å². The predicted molar refractivity (Wildman–Crippen MR) is 116 cm³/mol. The zero-order chi connectivity index (χ0) is 26.5. The zero-order valence-electron chi connectivity index (χ0n) is 18.9. The Balaban J connectivity index is 1.40. The van der Waals surface area contributed by atoms with Crippen molar-refractivity contribution in [1.82, 2.24) is 25.1 Å². The highest BCUT2D eigenvalue weighted by molar-refractivity contribution is 8.00. The van der Waals surface area contributed by atoms with Crippen LogP contribution in [0.3, 0.4) is 0 Å². The molecule has 0 saturated carbocycles. The topological polar surface area (TPSA) is 104 Å². The van der Waals surface area contributed by atoms with Gasteiger partial charge in [-0.25, -0.2) is 15.1 Å².